The molecule has 0 amide bonds. The van der Waals surface area contributed by atoms with Crippen molar-refractivity contribution in [1.29, 1.82) is 5.26 Å². The van der Waals surface area contributed by atoms with E-state index in [2.05, 4.69) is 0 Å². The van der Waals surface area contributed by atoms with E-state index < -0.39 is 6.10 Å². The van der Waals surface area contributed by atoms with Gasteiger partial charge in [-0.3, -0.25) is 4.90 Å². The molecule has 1 atom stereocenters. The SMILES string of the molecule is N#Cc1ccc(C(O)CN(CCO)CCO)cc1. The molecule has 1 aromatic carbocycles. The van der Waals surface area contributed by atoms with E-state index in [0.29, 0.717) is 25.2 Å². The largest absolute Gasteiger partial charge is 0.395 e. The van der Waals surface area contributed by atoms with Gasteiger partial charge in [0.25, 0.3) is 0 Å². The Balaban J connectivity index is 2.61. The third-order valence-electron chi connectivity index (χ3n) is 2.69. The van der Waals surface area contributed by atoms with Gasteiger partial charge in [0.05, 0.1) is 31.0 Å². The Labute approximate surface area is 107 Å². The minimum absolute atomic E-state index is 0.0138. The fourth-order valence-electron chi connectivity index (χ4n) is 1.71. The molecule has 0 saturated heterocycles. The molecule has 3 N–H and O–H groups in total. The number of nitrogens with zero attached hydrogens (tertiary/aromatic N) is 2. The Morgan fingerprint density at radius 2 is 1.67 bits per heavy atom. The molecule has 0 saturated carbocycles. The van der Waals surface area contributed by atoms with Gasteiger partial charge in [-0.2, -0.15) is 5.26 Å². The van der Waals surface area contributed by atoms with E-state index in [4.69, 9.17) is 15.5 Å². The average molecular weight is 250 g/mol. The van der Waals surface area contributed by atoms with Crippen LogP contribution in [0.5, 0.6) is 0 Å². The molecular weight excluding hydrogens is 232 g/mol. The van der Waals surface area contributed by atoms with Crippen LogP contribution in [0.3, 0.4) is 0 Å². The van der Waals surface area contributed by atoms with Crippen LogP contribution in [0.15, 0.2) is 24.3 Å². The van der Waals surface area contributed by atoms with E-state index in [1.165, 1.54) is 0 Å². The monoisotopic (exact) mass is 250 g/mol. The fourth-order valence-corrected chi connectivity index (χ4v) is 1.71. The highest BCUT2D eigenvalue weighted by atomic mass is 16.3. The average Bonchev–Trinajstić information content (AvgIpc) is 2.39. The molecule has 0 heterocycles. The molecule has 1 unspecified atom stereocenters. The number of hydrogen-bond donors (Lipinski definition) is 3. The topological polar surface area (TPSA) is 87.7 Å². The van der Waals surface area contributed by atoms with Crippen molar-refractivity contribution in [3.8, 4) is 6.07 Å². The molecule has 0 aromatic heterocycles. The lowest BCUT2D eigenvalue weighted by molar-refractivity contribution is 0.0874. The molecule has 0 aliphatic rings. The lowest BCUT2D eigenvalue weighted by atomic mass is 10.1. The number of hydrogen-bond acceptors (Lipinski definition) is 5. The van der Waals surface area contributed by atoms with Crippen LogP contribution < -0.4 is 0 Å². The summed E-state index contributed by atoms with van der Waals surface area (Å²) in [6, 6.07) is 8.74. The molecule has 0 aliphatic carbocycles. The second-order valence-corrected chi connectivity index (χ2v) is 4.00. The molecule has 18 heavy (non-hydrogen) atoms. The maximum absolute atomic E-state index is 10.0. The molecule has 1 aromatic rings. The lowest BCUT2D eigenvalue weighted by Crippen LogP contribution is -2.33. The molecule has 0 aliphatic heterocycles. The zero-order chi connectivity index (χ0) is 13.4. The molecule has 0 bridgehead atoms. The van der Waals surface area contributed by atoms with Crippen LogP contribution in [0.1, 0.15) is 17.2 Å². The van der Waals surface area contributed by atoms with Gasteiger partial charge in [0.15, 0.2) is 0 Å². The second-order valence-electron chi connectivity index (χ2n) is 4.00. The highest BCUT2D eigenvalue weighted by Crippen LogP contribution is 2.14. The van der Waals surface area contributed by atoms with Crippen molar-refractivity contribution in [2.24, 2.45) is 0 Å². The van der Waals surface area contributed by atoms with Crippen LogP contribution in [0, 0.1) is 11.3 Å². The Bertz CT molecular complexity index is 380. The van der Waals surface area contributed by atoms with E-state index in [1.807, 2.05) is 6.07 Å². The molecule has 5 heteroatoms. The van der Waals surface area contributed by atoms with Gasteiger partial charge in [0.1, 0.15) is 0 Å². The maximum Gasteiger partial charge on any atom is 0.0991 e. The molecule has 0 radical (unpaired) electrons. The number of benzene rings is 1. The van der Waals surface area contributed by atoms with Gasteiger partial charge in [-0.1, -0.05) is 12.1 Å². The van der Waals surface area contributed by atoms with Crippen LogP contribution in [0.4, 0.5) is 0 Å². The van der Waals surface area contributed by atoms with Crippen molar-refractivity contribution in [1.82, 2.24) is 4.90 Å². The predicted octanol–water partition coefficient (Wildman–Crippen LogP) is -0.122. The number of aliphatic hydroxyl groups excluding tert-OH is 3. The van der Waals surface area contributed by atoms with Crippen molar-refractivity contribution in [2.75, 3.05) is 32.8 Å². The first kappa shape index (κ1) is 14.6. The summed E-state index contributed by atoms with van der Waals surface area (Å²) >= 11 is 0. The molecule has 98 valence electrons. The summed E-state index contributed by atoms with van der Waals surface area (Å²) in [5.41, 5.74) is 1.27. The second kappa shape index (κ2) is 7.80. The first-order valence-electron chi connectivity index (χ1n) is 5.83. The number of nitriles is 1. The molecule has 0 spiro atoms. The van der Waals surface area contributed by atoms with Gasteiger partial charge in [0, 0.05) is 19.6 Å². The zero-order valence-corrected chi connectivity index (χ0v) is 10.2. The Hall–Kier alpha value is -1.45. The van der Waals surface area contributed by atoms with Gasteiger partial charge in [-0.25, -0.2) is 0 Å². The molecule has 5 nitrogen and oxygen atoms in total. The minimum atomic E-state index is -0.698. The van der Waals surface area contributed by atoms with Crippen LogP contribution in [0.25, 0.3) is 0 Å². The fraction of sp³-hybridized carbons (Fsp3) is 0.462. The first-order chi connectivity index (χ1) is 8.71. The maximum atomic E-state index is 10.0. The first-order valence-corrected chi connectivity index (χ1v) is 5.83. The van der Waals surface area contributed by atoms with Crippen LogP contribution >= 0.6 is 0 Å². The Kier molecular flexibility index (Phi) is 6.33. The van der Waals surface area contributed by atoms with E-state index >= 15 is 0 Å². The molecule has 1 rings (SSSR count). The van der Waals surface area contributed by atoms with Crippen LogP contribution in [-0.2, 0) is 0 Å². The van der Waals surface area contributed by atoms with Gasteiger partial charge in [-0.15, -0.1) is 0 Å². The summed E-state index contributed by atoms with van der Waals surface area (Å²) < 4.78 is 0. The summed E-state index contributed by atoms with van der Waals surface area (Å²) in [7, 11) is 0. The zero-order valence-electron chi connectivity index (χ0n) is 10.2. The van der Waals surface area contributed by atoms with Crippen molar-refractivity contribution >= 4 is 0 Å². The summed E-state index contributed by atoms with van der Waals surface area (Å²) in [5.74, 6) is 0. The highest BCUT2D eigenvalue weighted by molar-refractivity contribution is 5.32. The standard InChI is InChI=1S/C13H18N2O3/c14-9-11-1-3-12(4-2-11)13(18)10-15(5-7-16)6-8-17/h1-4,13,16-18H,5-8,10H2. The summed E-state index contributed by atoms with van der Waals surface area (Å²) in [6.07, 6.45) is -0.698. The molecule has 0 fully saturated rings. The van der Waals surface area contributed by atoms with Gasteiger partial charge in [-0.05, 0) is 17.7 Å². The van der Waals surface area contributed by atoms with E-state index in [0.717, 1.165) is 5.56 Å². The van der Waals surface area contributed by atoms with E-state index in [1.54, 1.807) is 29.2 Å². The molecular formula is C13H18N2O3. The number of aliphatic hydroxyl groups is 3. The quantitative estimate of drug-likeness (QED) is 0.628. The van der Waals surface area contributed by atoms with Crippen molar-refractivity contribution < 1.29 is 15.3 Å². The number of rotatable bonds is 7. The minimum Gasteiger partial charge on any atom is -0.395 e. The van der Waals surface area contributed by atoms with E-state index in [9.17, 15) is 5.11 Å². The van der Waals surface area contributed by atoms with Crippen LogP contribution in [0.2, 0.25) is 0 Å². The summed E-state index contributed by atoms with van der Waals surface area (Å²) in [4.78, 5) is 1.78. The van der Waals surface area contributed by atoms with Gasteiger partial charge < -0.3 is 15.3 Å². The van der Waals surface area contributed by atoms with Crippen molar-refractivity contribution in [3.63, 3.8) is 0 Å². The highest BCUT2D eigenvalue weighted by Gasteiger charge is 2.12. The summed E-state index contributed by atoms with van der Waals surface area (Å²) in [5, 5.41) is 36.4. The van der Waals surface area contributed by atoms with Crippen LogP contribution in [-0.4, -0.2) is 53.1 Å². The lowest BCUT2D eigenvalue weighted by Gasteiger charge is -2.23. The van der Waals surface area contributed by atoms with Crippen molar-refractivity contribution in [2.45, 2.75) is 6.10 Å². The van der Waals surface area contributed by atoms with Gasteiger partial charge in [0.2, 0.25) is 0 Å². The van der Waals surface area contributed by atoms with E-state index in [-0.39, 0.29) is 13.2 Å². The summed E-state index contributed by atoms with van der Waals surface area (Å²) in [6.45, 7) is 1.13. The normalized spacial score (nSPS) is 12.4. The third kappa shape index (κ3) is 4.43. The Morgan fingerprint density at radius 3 is 2.11 bits per heavy atom. The van der Waals surface area contributed by atoms with Crippen molar-refractivity contribution in [3.05, 3.63) is 35.4 Å². The smallest absolute Gasteiger partial charge is 0.0991 e. The third-order valence-corrected chi connectivity index (χ3v) is 2.69. The van der Waals surface area contributed by atoms with Gasteiger partial charge >= 0.3 is 0 Å². The predicted molar refractivity (Wildman–Crippen MR) is 66.7 cm³/mol. The Morgan fingerprint density at radius 1 is 1.11 bits per heavy atom.